The molecule has 1 saturated carbocycles. The fourth-order valence-corrected chi connectivity index (χ4v) is 7.24. The van der Waals surface area contributed by atoms with Gasteiger partial charge in [0.15, 0.2) is 0 Å². The molecule has 0 radical (unpaired) electrons. The standard InChI is InChI=1S/C22H32ClIN7/c1-14(26-2)16-3-4-18(24-19(16)25)30-21-28-13-17(23)20(31-21)29-15-5-7-22(8-6-15)9-11-27-12-10-22/h3-4,13,15,18,25-27H,5-12H2,1-2H3,(H2,28,29,30,31)/q-1/b16-14-,25-19?. The van der Waals surface area contributed by atoms with E-state index in [2.05, 4.69) is 37.3 Å². The third-order valence-electron chi connectivity index (χ3n) is 6.74. The number of anilines is 2. The van der Waals surface area contributed by atoms with Crippen LogP contribution in [-0.2, 0) is 0 Å². The van der Waals surface area contributed by atoms with Crippen LogP contribution in [0.4, 0.5) is 11.8 Å². The van der Waals surface area contributed by atoms with E-state index in [1.54, 1.807) is 6.20 Å². The summed E-state index contributed by atoms with van der Waals surface area (Å²) in [5.41, 5.74) is 2.58. The number of aromatic nitrogens is 2. The molecular formula is C22H32ClIN7-. The molecule has 1 spiro atoms. The minimum absolute atomic E-state index is 0.100. The van der Waals surface area contributed by atoms with Crippen LogP contribution in [0.25, 0.3) is 0 Å². The number of nitrogens with one attached hydrogen (secondary N) is 5. The number of hydrogen-bond acceptors (Lipinski definition) is 7. The number of allylic oxidation sites excluding steroid dienone is 3. The zero-order valence-electron chi connectivity index (χ0n) is 18.2. The molecule has 0 bridgehead atoms. The fourth-order valence-electron chi connectivity index (χ4n) is 4.65. The van der Waals surface area contributed by atoms with Crippen LogP contribution in [0.1, 0.15) is 45.4 Å². The Morgan fingerprint density at radius 1 is 1.23 bits per heavy atom. The van der Waals surface area contributed by atoms with Crippen LogP contribution >= 0.6 is 11.6 Å². The second-order valence-electron chi connectivity index (χ2n) is 8.68. The van der Waals surface area contributed by atoms with Gasteiger partial charge in [0, 0.05) is 0 Å². The van der Waals surface area contributed by atoms with E-state index in [0.717, 1.165) is 37.2 Å². The Hall–Kier alpha value is -1.39. The van der Waals surface area contributed by atoms with Crippen LogP contribution in [0.2, 0.25) is 5.02 Å². The van der Waals surface area contributed by atoms with Gasteiger partial charge in [-0.2, -0.15) is 0 Å². The summed E-state index contributed by atoms with van der Waals surface area (Å²) < 4.78 is 0.815. The van der Waals surface area contributed by atoms with E-state index in [4.69, 9.17) is 17.0 Å². The van der Waals surface area contributed by atoms with Gasteiger partial charge < -0.3 is 5.32 Å². The molecule has 31 heavy (non-hydrogen) atoms. The fraction of sp³-hybridized carbons (Fsp3) is 0.591. The van der Waals surface area contributed by atoms with Crippen LogP contribution in [0, 0.1) is 10.8 Å². The molecule has 1 aromatic heterocycles. The van der Waals surface area contributed by atoms with Crippen molar-refractivity contribution in [3.05, 3.63) is 34.6 Å². The summed E-state index contributed by atoms with van der Waals surface area (Å²) in [7, 11) is 1.89. The third kappa shape index (κ3) is 5.51. The molecule has 1 saturated heterocycles. The summed E-state index contributed by atoms with van der Waals surface area (Å²) in [4.78, 5) is 9.05. The van der Waals surface area contributed by atoms with Gasteiger partial charge in [0.05, 0.1) is 0 Å². The van der Waals surface area contributed by atoms with Crippen molar-refractivity contribution in [3.63, 3.8) is 0 Å². The Bertz CT molecular complexity index is 869. The van der Waals surface area contributed by atoms with Gasteiger partial charge in [0.2, 0.25) is 0 Å². The topological polar surface area (TPSA) is 97.8 Å². The average molecular weight is 557 g/mol. The number of alkyl halides is 1. The normalized spacial score (nSPS) is 25.6. The SMILES string of the molecule is CN/C(C)=C1/C=CC(Nc2ncc(Cl)c(NC3CCC4(CCNCC4)CC3)n2)[I-]C1=N. The molecule has 0 amide bonds. The molecule has 1 unspecified atom stereocenters. The van der Waals surface area contributed by atoms with E-state index in [-0.39, 0.29) is 4.05 Å². The monoisotopic (exact) mass is 556 g/mol. The number of hydrogen-bond donors (Lipinski definition) is 5. The van der Waals surface area contributed by atoms with Crippen LogP contribution in [0.15, 0.2) is 29.6 Å². The van der Waals surface area contributed by atoms with Gasteiger partial charge >= 0.3 is 195 Å². The van der Waals surface area contributed by atoms with Gasteiger partial charge in [-0.25, -0.2) is 0 Å². The van der Waals surface area contributed by atoms with E-state index >= 15 is 0 Å². The van der Waals surface area contributed by atoms with Crippen molar-refractivity contribution < 1.29 is 21.2 Å². The molecule has 2 aliphatic heterocycles. The molecule has 3 heterocycles. The zero-order chi connectivity index (χ0) is 21.8. The number of rotatable bonds is 5. The van der Waals surface area contributed by atoms with Crippen molar-refractivity contribution >= 4 is 27.1 Å². The van der Waals surface area contributed by atoms with Crippen LogP contribution in [0.5, 0.6) is 0 Å². The van der Waals surface area contributed by atoms with Crippen LogP contribution < -0.4 is 42.5 Å². The quantitative estimate of drug-likeness (QED) is 0.208. The van der Waals surface area contributed by atoms with Crippen molar-refractivity contribution in [2.75, 3.05) is 30.8 Å². The average Bonchev–Trinajstić information content (AvgIpc) is 2.78. The van der Waals surface area contributed by atoms with Crippen molar-refractivity contribution in [1.29, 1.82) is 5.41 Å². The second kappa shape index (κ2) is 10.0. The van der Waals surface area contributed by atoms with E-state index in [1.807, 2.05) is 20.0 Å². The minimum atomic E-state index is -0.517. The first kappa shape index (κ1) is 22.8. The second-order valence-corrected chi connectivity index (χ2v) is 12.1. The Balaban J connectivity index is 1.37. The molecular weight excluding hydrogens is 525 g/mol. The van der Waals surface area contributed by atoms with Crippen LogP contribution in [-0.4, -0.2) is 43.9 Å². The molecule has 1 aromatic rings. The van der Waals surface area contributed by atoms with E-state index in [0.29, 0.717) is 32.0 Å². The Morgan fingerprint density at radius 2 is 1.97 bits per heavy atom. The van der Waals surface area contributed by atoms with Crippen LogP contribution in [0.3, 0.4) is 0 Å². The Kier molecular flexibility index (Phi) is 7.38. The molecule has 4 rings (SSSR count). The number of nitrogens with zero attached hydrogens (tertiary/aromatic N) is 2. The molecule has 1 atom stereocenters. The summed E-state index contributed by atoms with van der Waals surface area (Å²) in [5, 5.41) is 22.5. The maximum atomic E-state index is 8.39. The maximum absolute atomic E-state index is 8.39. The van der Waals surface area contributed by atoms with Gasteiger partial charge in [-0.05, 0) is 0 Å². The molecule has 9 heteroatoms. The van der Waals surface area contributed by atoms with E-state index < -0.39 is 21.2 Å². The molecule has 3 aliphatic rings. The van der Waals surface area contributed by atoms with Gasteiger partial charge in [0.25, 0.3) is 0 Å². The van der Waals surface area contributed by atoms with Gasteiger partial charge in [-0.15, -0.1) is 0 Å². The van der Waals surface area contributed by atoms with Crippen molar-refractivity contribution in [2.24, 2.45) is 5.41 Å². The molecule has 1 aliphatic carbocycles. The molecule has 5 N–H and O–H groups in total. The molecule has 2 fully saturated rings. The molecule has 0 aromatic carbocycles. The Morgan fingerprint density at radius 3 is 2.65 bits per heavy atom. The first-order valence-electron chi connectivity index (χ1n) is 11.0. The van der Waals surface area contributed by atoms with E-state index in [9.17, 15) is 0 Å². The van der Waals surface area contributed by atoms with Crippen molar-refractivity contribution in [3.8, 4) is 0 Å². The number of halogens is 2. The molecule has 170 valence electrons. The number of piperidine rings is 1. The summed E-state index contributed by atoms with van der Waals surface area (Å²) in [6, 6.07) is 0.410. The predicted molar refractivity (Wildman–Crippen MR) is 123 cm³/mol. The third-order valence-corrected chi connectivity index (χ3v) is 9.61. The van der Waals surface area contributed by atoms with Crippen molar-refractivity contribution in [1.82, 2.24) is 20.6 Å². The van der Waals surface area contributed by atoms with Gasteiger partial charge in [0.1, 0.15) is 0 Å². The van der Waals surface area contributed by atoms with Gasteiger partial charge in [-0.3, -0.25) is 0 Å². The first-order valence-corrected chi connectivity index (χ1v) is 13.7. The van der Waals surface area contributed by atoms with E-state index in [1.165, 1.54) is 25.7 Å². The summed E-state index contributed by atoms with van der Waals surface area (Å²) in [5.74, 6) is 1.28. The van der Waals surface area contributed by atoms with Crippen molar-refractivity contribution in [2.45, 2.75) is 55.5 Å². The summed E-state index contributed by atoms with van der Waals surface area (Å²) >= 11 is 5.90. The Labute approximate surface area is 200 Å². The summed E-state index contributed by atoms with van der Waals surface area (Å²) in [6.07, 6.45) is 13.3. The van der Waals surface area contributed by atoms with Gasteiger partial charge in [-0.1, -0.05) is 0 Å². The molecule has 7 nitrogen and oxygen atoms in total. The predicted octanol–water partition coefficient (Wildman–Crippen LogP) is 0.722. The first-order chi connectivity index (χ1) is 15.0. The summed E-state index contributed by atoms with van der Waals surface area (Å²) in [6.45, 7) is 4.32. The zero-order valence-corrected chi connectivity index (χ0v) is 21.1.